The predicted molar refractivity (Wildman–Crippen MR) is 106 cm³/mol. The van der Waals surface area contributed by atoms with Crippen molar-refractivity contribution < 1.29 is 14.6 Å². The molecule has 0 aliphatic carbocycles. The number of hydrogen-bond acceptors (Lipinski definition) is 4. The van der Waals surface area contributed by atoms with E-state index in [1.54, 1.807) is 24.1 Å². The second-order valence-corrected chi connectivity index (χ2v) is 6.98. The Bertz CT molecular complexity index is 767. The number of phenols is 1. The topological polar surface area (TPSA) is 65.0 Å². The van der Waals surface area contributed by atoms with Crippen molar-refractivity contribution in [1.82, 2.24) is 10.2 Å². The van der Waals surface area contributed by atoms with E-state index in [1.165, 1.54) is 12.8 Å². The predicted octanol–water partition coefficient (Wildman–Crippen LogP) is 3.07. The fourth-order valence-electron chi connectivity index (χ4n) is 3.42. The fourth-order valence-corrected chi connectivity index (χ4v) is 3.42. The maximum Gasteiger partial charge on any atom is 0.317 e. The lowest BCUT2D eigenvalue weighted by molar-refractivity contribution is 0.205. The number of carbonyl (C=O) groups excluding carboxylic acids is 1. The van der Waals surface area contributed by atoms with Gasteiger partial charge in [0.05, 0.1) is 7.11 Å². The second kappa shape index (κ2) is 8.66. The number of benzene rings is 2. The van der Waals surface area contributed by atoms with Crippen LogP contribution >= 0.6 is 0 Å². The zero-order chi connectivity index (χ0) is 19.2. The number of ether oxygens (including phenoxy) is 1. The molecular weight excluding hydrogens is 342 g/mol. The minimum absolute atomic E-state index is 0.0794. The Morgan fingerprint density at radius 3 is 2.78 bits per heavy atom. The van der Waals surface area contributed by atoms with Crippen LogP contribution in [-0.4, -0.2) is 49.8 Å². The van der Waals surface area contributed by atoms with Crippen molar-refractivity contribution in [3.8, 4) is 11.5 Å². The van der Waals surface area contributed by atoms with Crippen LogP contribution in [-0.2, 0) is 6.54 Å². The largest absolute Gasteiger partial charge is 0.504 e. The van der Waals surface area contributed by atoms with Gasteiger partial charge in [0.1, 0.15) is 0 Å². The summed E-state index contributed by atoms with van der Waals surface area (Å²) in [5.41, 5.74) is 2.09. The molecule has 6 nitrogen and oxygen atoms in total. The number of carbonyl (C=O) groups is 1. The molecule has 0 aromatic heterocycles. The molecule has 1 atom stereocenters. The minimum Gasteiger partial charge on any atom is -0.504 e. The van der Waals surface area contributed by atoms with E-state index in [-0.39, 0.29) is 11.8 Å². The summed E-state index contributed by atoms with van der Waals surface area (Å²) < 4.78 is 5.04. The third kappa shape index (κ3) is 4.84. The summed E-state index contributed by atoms with van der Waals surface area (Å²) in [7, 11) is 3.26. The van der Waals surface area contributed by atoms with E-state index in [0.29, 0.717) is 24.8 Å². The van der Waals surface area contributed by atoms with Crippen LogP contribution in [0.5, 0.6) is 11.5 Å². The van der Waals surface area contributed by atoms with Gasteiger partial charge >= 0.3 is 6.03 Å². The monoisotopic (exact) mass is 369 g/mol. The Balaban J connectivity index is 1.46. The molecule has 6 heteroatoms. The number of nitrogens with one attached hydrogen (secondary N) is 1. The van der Waals surface area contributed by atoms with Crippen molar-refractivity contribution in [3.05, 3.63) is 54.1 Å². The number of rotatable bonds is 6. The van der Waals surface area contributed by atoms with Gasteiger partial charge in [-0.1, -0.05) is 24.3 Å². The number of anilines is 1. The SMILES string of the molecule is COc1ccc(CN(C)C(=O)NCC2CCN(c3ccccc3)C2)cc1O. The highest BCUT2D eigenvalue weighted by molar-refractivity contribution is 5.73. The molecule has 3 rings (SSSR count). The van der Waals surface area contributed by atoms with Gasteiger partial charge in [-0.25, -0.2) is 4.79 Å². The Morgan fingerprint density at radius 1 is 1.30 bits per heavy atom. The molecule has 27 heavy (non-hydrogen) atoms. The molecule has 2 amide bonds. The number of hydrogen-bond donors (Lipinski definition) is 2. The van der Waals surface area contributed by atoms with Gasteiger partial charge in [-0.15, -0.1) is 0 Å². The van der Waals surface area contributed by atoms with Crippen LogP contribution in [0.2, 0.25) is 0 Å². The summed E-state index contributed by atoms with van der Waals surface area (Å²) in [4.78, 5) is 16.4. The number of methoxy groups -OCH3 is 1. The molecule has 144 valence electrons. The van der Waals surface area contributed by atoms with Crippen LogP contribution in [0.1, 0.15) is 12.0 Å². The fraction of sp³-hybridized carbons (Fsp3) is 0.381. The first-order valence-corrected chi connectivity index (χ1v) is 9.21. The highest BCUT2D eigenvalue weighted by Gasteiger charge is 2.23. The van der Waals surface area contributed by atoms with Crippen molar-refractivity contribution in [2.75, 3.05) is 38.7 Å². The molecule has 2 N–H and O–H groups in total. The number of amides is 2. The number of nitrogens with zero attached hydrogens (tertiary/aromatic N) is 2. The van der Waals surface area contributed by atoms with Crippen molar-refractivity contribution in [1.29, 1.82) is 0 Å². The molecule has 1 saturated heterocycles. The Hall–Kier alpha value is -2.89. The maximum absolute atomic E-state index is 12.4. The highest BCUT2D eigenvalue weighted by atomic mass is 16.5. The van der Waals surface area contributed by atoms with Crippen LogP contribution in [0.25, 0.3) is 0 Å². The summed E-state index contributed by atoms with van der Waals surface area (Å²) >= 11 is 0. The maximum atomic E-state index is 12.4. The van der Waals surface area contributed by atoms with Crippen molar-refractivity contribution in [3.63, 3.8) is 0 Å². The second-order valence-electron chi connectivity index (χ2n) is 6.98. The average Bonchev–Trinajstić information content (AvgIpc) is 3.16. The summed E-state index contributed by atoms with van der Waals surface area (Å²) in [6.07, 6.45) is 1.07. The molecule has 0 spiro atoms. The molecule has 2 aromatic carbocycles. The summed E-state index contributed by atoms with van der Waals surface area (Å²) in [5, 5.41) is 12.9. The van der Waals surface area contributed by atoms with Gasteiger partial charge in [-0.3, -0.25) is 0 Å². The van der Waals surface area contributed by atoms with Gasteiger partial charge in [-0.2, -0.15) is 0 Å². The van der Waals surface area contributed by atoms with Crippen LogP contribution < -0.4 is 15.0 Å². The van der Waals surface area contributed by atoms with Crippen molar-refractivity contribution in [2.45, 2.75) is 13.0 Å². The first-order valence-electron chi connectivity index (χ1n) is 9.21. The molecule has 1 fully saturated rings. The molecule has 1 heterocycles. The third-order valence-corrected chi connectivity index (χ3v) is 4.96. The van der Waals surface area contributed by atoms with Gasteiger partial charge < -0.3 is 25.0 Å². The molecule has 1 unspecified atom stereocenters. The zero-order valence-corrected chi connectivity index (χ0v) is 15.9. The smallest absolute Gasteiger partial charge is 0.317 e. The number of para-hydroxylation sites is 1. The van der Waals surface area contributed by atoms with Gasteiger partial charge in [0.2, 0.25) is 0 Å². The summed E-state index contributed by atoms with van der Waals surface area (Å²) in [6, 6.07) is 15.4. The van der Waals surface area contributed by atoms with E-state index in [9.17, 15) is 9.90 Å². The molecule has 2 aromatic rings. The lowest BCUT2D eigenvalue weighted by Crippen LogP contribution is -2.39. The van der Waals surface area contributed by atoms with E-state index < -0.39 is 0 Å². The van der Waals surface area contributed by atoms with Crippen LogP contribution in [0.15, 0.2) is 48.5 Å². The molecular formula is C21H27N3O3. The lowest BCUT2D eigenvalue weighted by atomic mass is 10.1. The van der Waals surface area contributed by atoms with E-state index in [4.69, 9.17) is 4.74 Å². The van der Waals surface area contributed by atoms with Gasteiger partial charge in [0, 0.05) is 38.9 Å². The van der Waals surface area contributed by atoms with Gasteiger partial charge in [0.25, 0.3) is 0 Å². The molecule has 0 bridgehead atoms. The zero-order valence-electron chi connectivity index (χ0n) is 15.9. The molecule has 0 radical (unpaired) electrons. The first kappa shape index (κ1) is 18.9. The number of phenolic OH excluding ortho intramolecular Hbond substituents is 1. The van der Waals surface area contributed by atoms with E-state index >= 15 is 0 Å². The van der Waals surface area contributed by atoms with E-state index in [1.807, 2.05) is 12.1 Å². The minimum atomic E-state index is -0.108. The Labute approximate surface area is 160 Å². The Morgan fingerprint density at radius 2 is 2.07 bits per heavy atom. The third-order valence-electron chi connectivity index (χ3n) is 4.96. The van der Waals surface area contributed by atoms with Crippen LogP contribution in [0, 0.1) is 5.92 Å². The highest BCUT2D eigenvalue weighted by Crippen LogP contribution is 2.26. The quantitative estimate of drug-likeness (QED) is 0.821. The van der Waals surface area contributed by atoms with Crippen molar-refractivity contribution in [2.24, 2.45) is 5.92 Å². The summed E-state index contributed by atoms with van der Waals surface area (Å²) in [5.74, 6) is 0.957. The standard InChI is InChI=1S/C21H27N3O3/c1-23(14-16-8-9-20(27-2)19(25)12-16)21(26)22-13-17-10-11-24(15-17)18-6-4-3-5-7-18/h3-9,12,17,25H,10-11,13-15H2,1-2H3,(H,22,26). The van der Waals surface area contributed by atoms with Crippen molar-refractivity contribution >= 4 is 11.7 Å². The van der Waals surface area contributed by atoms with Gasteiger partial charge in [-0.05, 0) is 42.2 Å². The summed E-state index contributed by atoms with van der Waals surface area (Å²) in [6.45, 7) is 3.07. The number of urea groups is 1. The van der Waals surface area contributed by atoms with E-state index in [0.717, 1.165) is 25.1 Å². The van der Waals surface area contributed by atoms with E-state index in [2.05, 4.69) is 34.5 Å². The van der Waals surface area contributed by atoms with Crippen LogP contribution in [0.4, 0.5) is 10.5 Å². The molecule has 0 saturated carbocycles. The normalized spacial score (nSPS) is 16.2. The molecule has 1 aliphatic heterocycles. The Kier molecular flexibility index (Phi) is 6.06. The average molecular weight is 369 g/mol. The molecule has 1 aliphatic rings. The lowest BCUT2D eigenvalue weighted by Gasteiger charge is -2.21. The van der Waals surface area contributed by atoms with Crippen LogP contribution in [0.3, 0.4) is 0 Å². The number of aromatic hydroxyl groups is 1. The first-order chi connectivity index (χ1) is 13.1. The van der Waals surface area contributed by atoms with Gasteiger partial charge in [0.15, 0.2) is 11.5 Å².